The predicted molar refractivity (Wildman–Crippen MR) is 98.5 cm³/mol. The SMILES string of the molecule is CCCCN=C(NCCOC)NCCc1cccs1.I. The second-order valence-electron chi connectivity index (χ2n) is 4.26. The van der Waals surface area contributed by atoms with Crippen LogP contribution < -0.4 is 10.6 Å². The van der Waals surface area contributed by atoms with E-state index < -0.39 is 0 Å². The fourth-order valence-corrected chi connectivity index (χ4v) is 2.26. The lowest BCUT2D eigenvalue weighted by atomic mass is 10.3. The fraction of sp³-hybridized carbons (Fsp3) is 0.643. The summed E-state index contributed by atoms with van der Waals surface area (Å²) in [4.78, 5) is 5.95. The van der Waals surface area contributed by atoms with Crippen molar-refractivity contribution < 1.29 is 4.74 Å². The summed E-state index contributed by atoms with van der Waals surface area (Å²) in [6.07, 6.45) is 3.34. The maximum absolute atomic E-state index is 5.04. The van der Waals surface area contributed by atoms with E-state index in [9.17, 15) is 0 Å². The molecule has 6 heteroatoms. The van der Waals surface area contributed by atoms with Crippen LogP contribution in [0.15, 0.2) is 22.5 Å². The molecule has 1 aromatic rings. The molecule has 116 valence electrons. The highest BCUT2D eigenvalue weighted by Gasteiger charge is 1.98. The van der Waals surface area contributed by atoms with Gasteiger partial charge in [0.25, 0.3) is 0 Å². The molecule has 20 heavy (non-hydrogen) atoms. The maximum atomic E-state index is 5.04. The van der Waals surface area contributed by atoms with Gasteiger partial charge >= 0.3 is 0 Å². The molecule has 0 spiro atoms. The summed E-state index contributed by atoms with van der Waals surface area (Å²) in [7, 11) is 1.71. The Morgan fingerprint density at radius 1 is 1.35 bits per heavy atom. The van der Waals surface area contributed by atoms with Crippen LogP contribution in [0.25, 0.3) is 0 Å². The van der Waals surface area contributed by atoms with Crippen LogP contribution in [0.3, 0.4) is 0 Å². The third-order valence-electron chi connectivity index (χ3n) is 2.62. The minimum Gasteiger partial charge on any atom is -0.383 e. The number of halogens is 1. The minimum atomic E-state index is 0. The van der Waals surface area contributed by atoms with Gasteiger partial charge in [-0.3, -0.25) is 4.99 Å². The highest BCUT2D eigenvalue weighted by molar-refractivity contribution is 14.0. The molecule has 4 nitrogen and oxygen atoms in total. The molecule has 0 amide bonds. The van der Waals surface area contributed by atoms with E-state index in [4.69, 9.17) is 4.74 Å². The van der Waals surface area contributed by atoms with E-state index in [1.165, 1.54) is 11.3 Å². The van der Waals surface area contributed by atoms with E-state index in [0.717, 1.165) is 38.4 Å². The summed E-state index contributed by atoms with van der Waals surface area (Å²) in [5, 5.41) is 8.76. The van der Waals surface area contributed by atoms with Crippen molar-refractivity contribution in [3.05, 3.63) is 22.4 Å². The first-order chi connectivity index (χ1) is 9.36. The number of nitrogens with one attached hydrogen (secondary N) is 2. The van der Waals surface area contributed by atoms with Crippen molar-refractivity contribution in [2.45, 2.75) is 26.2 Å². The predicted octanol–water partition coefficient (Wildman–Crippen LogP) is 2.89. The number of hydrogen-bond acceptors (Lipinski definition) is 3. The Hall–Kier alpha value is -0.340. The second kappa shape index (κ2) is 13.6. The van der Waals surface area contributed by atoms with E-state index in [1.54, 1.807) is 18.4 Å². The zero-order valence-electron chi connectivity index (χ0n) is 12.4. The van der Waals surface area contributed by atoms with Gasteiger partial charge in [0.15, 0.2) is 5.96 Å². The number of nitrogens with zero attached hydrogens (tertiary/aromatic N) is 1. The van der Waals surface area contributed by atoms with Crippen LogP contribution in [-0.2, 0) is 11.2 Å². The number of guanidine groups is 1. The lowest BCUT2D eigenvalue weighted by Gasteiger charge is -2.12. The number of unbranched alkanes of at least 4 members (excludes halogenated alkanes) is 1. The average Bonchev–Trinajstić information content (AvgIpc) is 2.92. The molecule has 0 aromatic carbocycles. The van der Waals surface area contributed by atoms with Crippen molar-refractivity contribution in [2.75, 3.05) is 33.4 Å². The van der Waals surface area contributed by atoms with Crippen molar-refractivity contribution in [3.63, 3.8) is 0 Å². The van der Waals surface area contributed by atoms with Crippen molar-refractivity contribution in [3.8, 4) is 0 Å². The Morgan fingerprint density at radius 3 is 2.80 bits per heavy atom. The highest BCUT2D eigenvalue weighted by Crippen LogP contribution is 2.07. The smallest absolute Gasteiger partial charge is 0.191 e. The van der Waals surface area contributed by atoms with Gasteiger partial charge in [-0.2, -0.15) is 0 Å². The number of hydrogen-bond donors (Lipinski definition) is 2. The molecular formula is C14H26IN3OS. The first kappa shape index (κ1) is 19.7. The van der Waals surface area contributed by atoms with E-state index in [0.29, 0.717) is 6.61 Å². The van der Waals surface area contributed by atoms with Gasteiger partial charge in [-0.05, 0) is 24.3 Å². The Labute approximate surface area is 143 Å². The van der Waals surface area contributed by atoms with Crippen LogP contribution in [0.1, 0.15) is 24.6 Å². The van der Waals surface area contributed by atoms with E-state index >= 15 is 0 Å². The molecule has 1 aromatic heterocycles. The second-order valence-corrected chi connectivity index (χ2v) is 5.29. The molecule has 0 aliphatic carbocycles. The monoisotopic (exact) mass is 411 g/mol. The summed E-state index contributed by atoms with van der Waals surface area (Å²) in [6.45, 7) is 5.44. The first-order valence-corrected chi connectivity index (χ1v) is 7.78. The van der Waals surface area contributed by atoms with Gasteiger partial charge in [0.1, 0.15) is 0 Å². The molecule has 1 rings (SSSR count). The third-order valence-corrected chi connectivity index (χ3v) is 3.56. The van der Waals surface area contributed by atoms with Crippen LogP contribution in [0.4, 0.5) is 0 Å². The van der Waals surface area contributed by atoms with Gasteiger partial charge < -0.3 is 15.4 Å². The first-order valence-electron chi connectivity index (χ1n) is 6.90. The standard InChI is InChI=1S/C14H25N3OS.HI/c1-3-4-8-15-14(17-10-11-18-2)16-9-7-13-6-5-12-19-13;/h5-6,12H,3-4,7-11H2,1-2H3,(H2,15,16,17);1H. The molecule has 0 radical (unpaired) electrons. The molecule has 0 atom stereocenters. The van der Waals surface area contributed by atoms with Gasteiger partial charge in [0, 0.05) is 31.6 Å². The van der Waals surface area contributed by atoms with E-state index in [-0.39, 0.29) is 24.0 Å². The Morgan fingerprint density at radius 2 is 2.15 bits per heavy atom. The molecule has 0 saturated heterocycles. The van der Waals surface area contributed by atoms with Gasteiger partial charge in [-0.1, -0.05) is 19.4 Å². The van der Waals surface area contributed by atoms with Crippen LogP contribution in [-0.4, -0.2) is 39.3 Å². The Bertz CT molecular complexity index is 344. The van der Waals surface area contributed by atoms with E-state index in [2.05, 4.69) is 40.1 Å². The van der Waals surface area contributed by atoms with Crippen LogP contribution >= 0.6 is 35.3 Å². The Balaban J connectivity index is 0.00000361. The lowest BCUT2D eigenvalue weighted by Crippen LogP contribution is -2.40. The molecule has 0 saturated carbocycles. The van der Waals surface area contributed by atoms with Crippen molar-refractivity contribution in [1.82, 2.24) is 10.6 Å². The topological polar surface area (TPSA) is 45.7 Å². The van der Waals surface area contributed by atoms with Crippen LogP contribution in [0.5, 0.6) is 0 Å². The Kier molecular flexibility index (Phi) is 13.4. The summed E-state index contributed by atoms with van der Waals surface area (Å²) in [6, 6.07) is 4.26. The molecule has 0 aliphatic rings. The lowest BCUT2D eigenvalue weighted by molar-refractivity contribution is 0.203. The average molecular weight is 411 g/mol. The summed E-state index contributed by atoms with van der Waals surface area (Å²) >= 11 is 1.80. The van der Waals surface area contributed by atoms with Crippen molar-refractivity contribution in [2.24, 2.45) is 4.99 Å². The summed E-state index contributed by atoms with van der Waals surface area (Å²) in [5.74, 6) is 0.891. The zero-order chi connectivity index (χ0) is 13.8. The quantitative estimate of drug-likeness (QED) is 0.284. The van der Waals surface area contributed by atoms with E-state index in [1.807, 2.05) is 0 Å². The largest absolute Gasteiger partial charge is 0.383 e. The highest BCUT2D eigenvalue weighted by atomic mass is 127. The molecule has 2 N–H and O–H groups in total. The number of aliphatic imine (C=N–C) groups is 1. The van der Waals surface area contributed by atoms with Gasteiger partial charge in [-0.15, -0.1) is 35.3 Å². The molecular weight excluding hydrogens is 385 g/mol. The molecule has 0 fully saturated rings. The fourth-order valence-electron chi connectivity index (χ4n) is 1.55. The molecule has 0 aliphatic heterocycles. The normalized spacial score (nSPS) is 11.0. The molecule has 0 bridgehead atoms. The van der Waals surface area contributed by atoms with Gasteiger partial charge in [0.2, 0.25) is 0 Å². The number of thiophene rings is 1. The number of ether oxygens (including phenoxy) is 1. The zero-order valence-corrected chi connectivity index (χ0v) is 15.5. The summed E-state index contributed by atoms with van der Waals surface area (Å²) in [5.41, 5.74) is 0. The van der Waals surface area contributed by atoms with Crippen molar-refractivity contribution in [1.29, 1.82) is 0 Å². The van der Waals surface area contributed by atoms with Crippen LogP contribution in [0.2, 0.25) is 0 Å². The molecule has 1 heterocycles. The summed E-state index contributed by atoms with van der Waals surface area (Å²) < 4.78 is 5.04. The van der Waals surface area contributed by atoms with Crippen LogP contribution in [0, 0.1) is 0 Å². The maximum Gasteiger partial charge on any atom is 0.191 e. The minimum absolute atomic E-state index is 0. The molecule has 0 unspecified atom stereocenters. The third kappa shape index (κ3) is 9.55. The number of rotatable bonds is 9. The van der Waals surface area contributed by atoms with Gasteiger partial charge in [-0.25, -0.2) is 0 Å². The van der Waals surface area contributed by atoms with Crippen molar-refractivity contribution >= 4 is 41.3 Å². The van der Waals surface area contributed by atoms with Gasteiger partial charge in [0.05, 0.1) is 6.61 Å². The number of methoxy groups -OCH3 is 1.